The normalized spacial score (nSPS) is 9.77. The van der Waals surface area contributed by atoms with E-state index in [2.05, 4.69) is 81.4 Å². The van der Waals surface area contributed by atoms with Crippen LogP contribution in [0.15, 0.2) is 78.9 Å². The Balaban J connectivity index is 0.000000211. The average molecular weight is 306 g/mol. The molecule has 0 heterocycles. The molecule has 3 rings (SSSR count). The van der Waals surface area contributed by atoms with Crippen molar-refractivity contribution < 1.29 is 0 Å². The number of hydrogen-bond donors (Lipinski definition) is 0. The van der Waals surface area contributed by atoms with Gasteiger partial charge in [-0.2, -0.15) is 0 Å². The highest BCUT2D eigenvalue weighted by Crippen LogP contribution is 2.15. The lowest BCUT2D eigenvalue weighted by atomic mass is 10.2. The molecule has 0 amide bonds. The highest BCUT2D eigenvalue weighted by atomic mass is 31.1. The molecule has 0 bridgehead atoms. The van der Waals surface area contributed by atoms with E-state index in [1.165, 1.54) is 27.3 Å². The molecule has 0 atom stereocenters. The molecule has 0 nitrogen and oxygen atoms in total. The van der Waals surface area contributed by atoms with Crippen molar-refractivity contribution >= 4 is 19.2 Å². The third kappa shape index (κ3) is 5.13. The van der Waals surface area contributed by atoms with Gasteiger partial charge < -0.3 is 0 Å². The van der Waals surface area contributed by atoms with Crippen molar-refractivity contribution in [3.05, 3.63) is 95.6 Å². The van der Waals surface area contributed by atoms with Crippen molar-refractivity contribution in [3.8, 4) is 0 Å². The van der Waals surface area contributed by atoms with Gasteiger partial charge in [0.2, 0.25) is 0 Å². The molecule has 0 spiro atoms. The summed E-state index contributed by atoms with van der Waals surface area (Å²) in [6, 6.07) is 27.5. The zero-order valence-electron chi connectivity index (χ0n) is 13.5. The molecule has 0 saturated carbocycles. The van der Waals surface area contributed by atoms with Gasteiger partial charge in [-0.25, -0.2) is 0 Å². The molecule has 0 aliphatic rings. The lowest BCUT2D eigenvalue weighted by Gasteiger charge is -2.08. The first kappa shape index (κ1) is 16.5. The van der Waals surface area contributed by atoms with Gasteiger partial charge in [0, 0.05) is 0 Å². The summed E-state index contributed by atoms with van der Waals surface area (Å²) in [5.41, 5.74) is 4.10. The van der Waals surface area contributed by atoms with Crippen LogP contribution in [0.2, 0.25) is 0 Å². The van der Waals surface area contributed by atoms with Gasteiger partial charge in [-0.15, -0.1) is 0 Å². The van der Waals surface area contributed by atoms with E-state index in [4.69, 9.17) is 0 Å². The average Bonchev–Trinajstić information content (AvgIpc) is 2.53. The summed E-state index contributed by atoms with van der Waals surface area (Å²) in [5.74, 6) is 0. The Morgan fingerprint density at radius 3 is 1.27 bits per heavy atom. The van der Waals surface area contributed by atoms with Crippen LogP contribution in [0.25, 0.3) is 0 Å². The number of rotatable bonds is 2. The van der Waals surface area contributed by atoms with Crippen LogP contribution in [-0.4, -0.2) is 0 Å². The van der Waals surface area contributed by atoms with Crippen LogP contribution in [-0.2, 0) is 0 Å². The maximum absolute atomic E-state index is 2.22. The minimum Gasteiger partial charge on any atom is -0.0622 e. The van der Waals surface area contributed by atoms with E-state index in [0.29, 0.717) is 0 Å². The number of aryl methyl sites for hydroxylation is 3. The van der Waals surface area contributed by atoms with Crippen molar-refractivity contribution in [3.63, 3.8) is 0 Å². The van der Waals surface area contributed by atoms with Crippen LogP contribution in [0.3, 0.4) is 0 Å². The molecule has 1 heteroatoms. The van der Waals surface area contributed by atoms with E-state index < -0.39 is 0 Å². The summed E-state index contributed by atoms with van der Waals surface area (Å²) in [6.45, 7) is 6.45. The molecular formula is C21H23P. The SMILES string of the molecule is Cc1ccccc1.Cc1ccccc1Pc1ccccc1C. The molecule has 3 aromatic carbocycles. The maximum Gasteiger partial charge on any atom is -0.0197 e. The number of hydrogen-bond acceptors (Lipinski definition) is 0. The molecule has 22 heavy (non-hydrogen) atoms. The molecule has 0 radical (unpaired) electrons. The molecule has 3 aromatic rings. The smallest absolute Gasteiger partial charge is 0.0197 e. The van der Waals surface area contributed by atoms with Crippen LogP contribution in [0.4, 0.5) is 0 Å². The zero-order valence-corrected chi connectivity index (χ0v) is 14.5. The predicted molar refractivity (Wildman–Crippen MR) is 101 cm³/mol. The van der Waals surface area contributed by atoms with Crippen LogP contribution < -0.4 is 10.6 Å². The van der Waals surface area contributed by atoms with Gasteiger partial charge in [0.25, 0.3) is 0 Å². The molecule has 0 aliphatic carbocycles. The second kappa shape index (κ2) is 8.51. The Hall–Kier alpha value is -1.91. The van der Waals surface area contributed by atoms with E-state index in [1.54, 1.807) is 0 Å². The summed E-state index contributed by atoms with van der Waals surface area (Å²) >= 11 is 0. The zero-order chi connectivity index (χ0) is 15.8. The Labute approximate surface area is 136 Å². The van der Waals surface area contributed by atoms with Gasteiger partial charge in [0.1, 0.15) is 0 Å². The third-order valence-electron chi connectivity index (χ3n) is 3.50. The lowest BCUT2D eigenvalue weighted by Crippen LogP contribution is -2.08. The van der Waals surface area contributed by atoms with E-state index >= 15 is 0 Å². The Bertz CT molecular complexity index is 658. The van der Waals surface area contributed by atoms with E-state index in [1.807, 2.05) is 18.2 Å². The minimum atomic E-state index is 0.774. The fourth-order valence-electron chi connectivity index (χ4n) is 2.11. The van der Waals surface area contributed by atoms with Gasteiger partial charge in [-0.1, -0.05) is 93.0 Å². The highest BCUT2D eigenvalue weighted by molar-refractivity contribution is 7.55. The lowest BCUT2D eigenvalue weighted by molar-refractivity contribution is 1.48. The largest absolute Gasteiger partial charge is 0.0622 e. The van der Waals surface area contributed by atoms with Crippen molar-refractivity contribution in [2.45, 2.75) is 20.8 Å². The first-order valence-electron chi connectivity index (χ1n) is 7.57. The summed E-state index contributed by atoms with van der Waals surface area (Å²) in [5, 5.41) is 2.90. The van der Waals surface area contributed by atoms with Gasteiger partial charge in [0.05, 0.1) is 0 Å². The van der Waals surface area contributed by atoms with Crippen LogP contribution >= 0.6 is 8.58 Å². The van der Waals surface area contributed by atoms with Crippen molar-refractivity contribution in [1.82, 2.24) is 0 Å². The molecule has 0 unspecified atom stereocenters. The summed E-state index contributed by atoms with van der Waals surface area (Å²) < 4.78 is 0. The van der Waals surface area contributed by atoms with E-state index in [0.717, 1.165) is 8.58 Å². The number of benzene rings is 3. The fourth-order valence-corrected chi connectivity index (χ4v) is 3.32. The minimum absolute atomic E-state index is 0.774. The topological polar surface area (TPSA) is 0 Å². The molecule has 112 valence electrons. The summed E-state index contributed by atoms with van der Waals surface area (Å²) in [7, 11) is 0.774. The first-order valence-corrected chi connectivity index (χ1v) is 8.57. The van der Waals surface area contributed by atoms with Gasteiger partial charge in [0.15, 0.2) is 0 Å². The second-order valence-electron chi connectivity index (χ2n) is 5.41. The van der Waals surface area contributed by atoms with Gasteiger partial charge >= 0.3 is 0 Å². The Kier molecular flexibility index (Phi) is 6.37. The summed E-state index contributed by atoms with van der Waals surface area (Å²) in [4.78, 5) is 0. The monoisotopic (exact) mass is 306 g/mol. The van der Waals surface area contributed by atoms with Crippen LogP contribution in [0.5, 0.6) is 0 Å². The molecule has 0 N–H and O–H groups in total. The van der Waals surface area contributed by atoms with Crippen LogP contribution in [0, 0.1) is 20.8 Å². The standard InChI is InChI=1S/C14H15P.C7H8/c1-11-7-3-5-9-13(11)15-14-10-6-4-8-12(14)2;1-7-5-3-2-4-6-7/h3-10,15H,1-2H3;2-6H,1H3. The highest BCUT2D eigenvalue weighted by Gasteiger charge is 2.00. The third-order valence-corrected chi connectivity index (χ3v) is 5.16. The molecule has 0 saturated heterocycles. The first-order chi connectivity index (χ1) is 10.7. The summed E-state index contributed by atoms with van der Waals surface area (Å²) in [6.07, 6.45) is 0. The molecule has 0 fully saturated rings. The fraction of sp³-hybridized carbons (Fsp3) is 0.143. The van der Waals surface area contributed by atoms with E-state index in [-0.39, 0.29) is 0 Å². The quantitative estimate of drug-likeness (QED) is 0.589. The molecular weight excluding hydrogens is 283 g/mol. The van der Waals surface area contributed by atoms with Crippen molar-refractivity contribution in [1.29, 1.82) is 0 Å². The van der Waals surface area contributed by atoms with Crippen molar-refractivity contribution in [2.24, 2.45) is 0 Å². The van der Waals surface area contributed by atoms with Gasteiger partial charge in [-0.05, 0) is 42.5 Å². The Morgan fingerprint density at radius 1 is 0.500 bits per heavy atom. The maximum atomic E-state index is 2.22. The Morgan fingerprint density at radius 2 is 0.909 bits per heavy atom. The predicted octanol–water partition coefficient (Wildman–Crippen LogP) is 4.93. The second-order valence-corrected chi connectivity index (χ2v) is 6.74. The van der Waals surface area contributed by atoms with Crippen LogP contribution in [0.1, 0.15) is 16.7 Å². The molecule has 0 aromatic heterocycles. The van der Waals surface area contributed by atoms with E-state index in [9.17, 15) is 0 Å². The molecule has 0 aliphatic heterocycles. The van der Waals surface area contributed by atoms with Crippen molar-refractivity contribution in [2.75, 3.05) is 0 Å². The van der Waals surface area contributed by atoms with Gasteiger partial charge in [-0.3, -0.25) is 0 Å².